The SMILES string of the molecule is CCCCCC/C=C\CCCCCCCC(=O)OC(COC(=O)CCCCCCCC)COC(=O)CCCCCCCCCCCCCCCCCCCCC/C=C\C/C=C\CCCCCCC. The van der Waals surface area contributed by atoms with Crippen molar-refractivity contribution in [2.75, 3.05) is 13.2 Å². The first-order valence-electron chi connectivity index (χ1n) is 30.0. The molecule has 68 heavy (non-hydrogen) atoms. The summed E-state index contributed by atoms with van der Waals surface area (Å²) in [4.78, 5) is 37.8. The molecule has 1 unspecified atom stereocenters. The van der Waals surface area contributed by atoms with E-state index in [1.807, 2.05) is 0 Å². The fourth-order valence-electron chi connectivity index (χ4n) is 8.82. The van der Waals surface area contributed by atoms with Crippen LogP contribution in [0.1, 0.15) is 323 Å². The van der Waals surface area contributed by atoms with E-state index in [4.69, 9.17) is 14.2 Å². The van der Waals surface area contributed by atoms with Gasteiger partial charge in [-0.3, -0.25) is 14.4 Å². The monoisotopic (exact) mass is 955 g/mol. The van der Waals surface area contributed by atoms with Crippen molar-refractivity contribution in [3.8, 4) is 0 Å². The fourth-order valence-corrected chi connectivity index (χ4v) is 8.82. The smallest absolute Gasteiger partial charge is 0.306 e. The zero-order chi connectivity index (χ0) is 49.3. The number of ether oxygens (including phenoxy) is 3. The molecule has 0 aliphatic heterocycles. The lowest BCUT2D eigenvalue weighted by Gasteiger charge is -2.18. The molecule has 0 aromatic rings. The standard InChI is InChI=1S/C62H114O6/c1-4-7-10-13-16-18-20-22-23-24-25-26-27-28-29-30-31-32-33-34-35-36-37-38-39-41-42-44-46-49-52-55-61(64)67-58-59(57-66-60(63)54-51-48-15-12-9-6-3)68-62(65)56-53-50-47-45-43-40-21-19-17-14-11-8-5-2/h19-22,24-25,59H,4-18,23,26-58H2,1-3H3/b21-19-,22-20-,25-24-. The molecule has 0 radical (unpaired) electrons. The van der Waals surface area contributed by atoms with Crippen molar-refractivity contribution in [3.05, 3.63) is 36.5 Å². The molecule has 0 spiro atoms. The van der Waals surface area contributed by atoms with Crippen LogP contribution in [0.2, 0.25) is 0 Å². The predicted octanol–water partition coefficient (Wildman–Crippen LogP) is 20.0. The van der Waals surface area contributed by atoms with Crippen molar-refractivity contribution in [1.29, 1.82) is 0 Å². The van der Waals surface area contributed by atoms with E-state index in [-0.39, 0.29) is 31.1 Å². The van der Waals surface area contributed by atoms with Gasteiger partial charge < -0.3 is 14.2 Å². The van der Waals surface area contributed by atoms with Gasteiger partial charge in [-0.05, 0) is 77.0 Å². The zero-order valence-electron chi connectivity index (χ0n) is 45.6. The van der Waals surface area contributed by atoms with Gasteiger partial charge in [0.15, 0.2) is 6.10 Å². The van der Waals surface area contributed by atoms with Gasteiger partial charge in [0, 0.05) is 19.3 Å². The molecule has 0 saturated carbocycles. The Morgan fingerprint density at radius 1 is 0.294 bits per heavy atom. The number of allylic oxidation sites excluding steroid dienone is 6. The van der Waals surface area contributed by atoms with Crippen molar-refractivity contribution in [2.24, 2.45) is 0 Å². The second kappa shape index (κ2) is 57.2. The summed E-state index contributed by atoms with van der Waals surface area (Å²) in [7, 11) is 0. The Morgan fingerprint density at radius 2 is 0.529 bits per heavy atom. The Bertz CT molecular complexity index is 1140. The number of hydrogen-bond donors (Lipinski definition) is 0. The highest BCUT2D eigenvalue weighted by molar-refractivity contribution is 5.71. The molecular formula is C62H114O6. The minimum Gasteiger partial charge on any atom is -0.462 e. The van der Waals surface area contributed by atoms with E-state index in [1.165, 1.54) is 212 Å². The molecule has 0 rings (SSSR count). The fraction of sp³-hybridized carbons (Fsp3) is 0.855. The first-order chi connectivity index (χ1) is 33.5. The second-order valence-corrected chi connectivity index (χ2v) is 20.3. The second-order valence-electron chi connectivity index (χ2n) is 20.3. The van der Waals surface area contributed by atoms with Gasteiger partial charge in [-0.2, -0.15) is 0 Å². The molecule has 0 aromatic carbocycles. The molecule has 0 N–H and O–H groups in total. The molecule has 6 heteroatoms. The lowest BCUT2D eigenvalue weighted by atomic mass is 10.0. The van der Waals surface area contributed by atoms with Crippen LogP contribution in [0.25, 0.3) is 0 Å². The Kier molecular flexibility index (Phi) is 55.2. The number of hydrogen-bond acceptors (Lipinski definition) is 6. The lowest BCUT2D eigenvalue weighted by Crippen LogP contribution is -2.30. The van der Waals surface area contributed by atoms with Crippen LogP contribution in [0, 0.1) is 0 Å². The highest BCUT2D eigenvalue weighted by Crippen LogP contribution is 2.17. The average Bonchev–Trinajstić information content (AvgIpc) is 3.34. The number of rotatable bonds is 55. The highest BCUT2D eigenvalue weighted by atomic mass is 16.6. The molecule has 0 heterocycles. The Morgan fingerprint density at radius 3 is 0.838 bits per heavy atom. The summed E-state index contributed by atoms with van der Waals surface area (Å²) in [5.74, 6) is -0.876. The number of carbonyl (C=O) groups is 3. The van der Waals surface area contributed by atoms with Crippen molar-refractivity contribution < 1.29 is 28.6 Å². The molecule has 0 aliphatic rings. The number of unbranched alkanes of at least 4 members (excludes halogenated alkanes) is 38. The Balaban J connectivity index is 3.94. The largest absolute Gasteiger partial charge is 0.462 e. The van der Waals surface area contributed by atoms with E-state index in [0.29, 0.717) is 19.3 Å². The number of carbonyl (C=O) groups excluding carboxylic acids is 3. The molecule has 0 fully saturated rings. The van der Waals surface area contributed by atoms with Crippen molar-refractivity contribution in [2.45, 2.75) is 329 Å². The van der Waals surface area contributed by atoms with Crippen molar-refractivity contribution >= 4 is 17.9 Å². The quantitative estimate of drug-likeness (QED) is 0.0262. The lowest BCUT2D eigenvalue weighted by molar-refractivity contribution is -0.167. The molecule has 0 aliphatic carbocycles. The Hall–Kier alpha value is -2.37. The van der Waals surface area contributed by atoms with E-state index in [2.05, 4.69) is 57.2 Å². The van der Waals surface area contributed by atoms with Gasteiger partial charge in [0.2, 0.25) is 0 Å². The van der Waals surface area contributed by atoms with Crippen LogP contribution < -0.4 is 0 Å². The Labute approximate surface area is 423 Å². The summed E-state index contributed by atoms with van der Waals surface area (Å²) in [5, 5.41) is 0. The van der Waals surface area contributed by atoms with Gasteiger partial charge in [-0.25, -0.2) is 0 Å². The van der Waals surface area contributed by atoms with Crippen LogP contribution in [-0.2, 0) is 28.6 Å². The summed E-state index contributed by atoms with van der Waals surface area (Å²) >= 11 is 0. The first-order valence-corrected chi connectivity index (χ1v) is 30.0. The summed E-state index contributed by atoms with van der Waals surface area (Å²) in [6, 6.07) is 0. The zero-order valence-corrected chi connectivity index (χ0v) is 45.6. The maximum atomic E-state index is 12.7. The third kappa shape index (κ3) is 54.6. The van der Waals surface area contributed by atoms with Crippen LogP contribution >= 0.6 is 0 Å². The van der Waals surface area contributed by atoms with Crippen LogP contribution in [0.3, 0.4) is 0 Å². The van der Waals surface area contributed by atoms with Gasteiger partial charge in [0.25, 0.3) is 0 Å². The van der Waals surface area contributed by atoms with Gasteiger partial charge >= 0.3 is 17.9 Å². The normalized spacial score (nSPS) is 12.2. The van der Waals surface area contributed by atoms with Gasteiger partial charge in [-0.1, -0.05) is 263 Å². The van der Waals surface area contributed by atoms with E-state index in [9.17, 15) is 14.4 Å². The van der Waals surface area contributed by atoms with Crippen LogP contribution in [-0.4, -0.2) is 37.2 Å². The van der Waals surface area contributed by atoms with Crippen LogP contribution in [0.4, 0.5) is 0 Å². The maximum absolute atomic E-state index is 12.7. The molecule has 398 valence electrons. The van der Waals surface area contributed by atoms with Crippen LogP contribution in [0.15, 0.2) is 36.5 Å². The topological polar surface area (TPSA) is 78.9 Å². The van der Waals surface area contributed by atoms with Crippen molar-refractivity contribution in [1.82, 2.24) is 0 Å². The third-order valence-corrected chi connectivity index (χ3v) is 13.4. The van der Waals surface area contributed by atoms with Gasteiger partial charge in [0.1, 0.15) is 13.2 Å². The molecule has 0 saturated heterocycles. The van der Waals surface area contributed by atoms with Crippen molar-refractivity contribution in [3.63, 3.8) is 0 Å². The van der Waals surface area contributed by atoms with E-state index < -0.39 is 6.10 Å². The predicted molar refractivity (Wildman–Crippen MR) is 293 cm³/mol. The maximum Gasteiger partial charge on any atom is 0.306 e. The number of esters is 3. The molecular weight excluding hydrogens is 841 g/mol. The minimum atomic E-state index is -0.769. The summed E-state index contributed by atoms with van der Waals surface area (Å²) in [6.45, 7) is 6.58. The molecule has 6 nitrogen and oxygen atoms in total. The summed E-state index contributed by atoms with van der Waals surface area (Å²) < 4.78 is 16.7. The van der Waals surface area contributed by atoms with Crippen LogP contribution in [0.5, 0.6) is 0 Å². The molecule has 0 amide bonds. The highest BCUT2D eigenvalue weighted by Gasteiger charge is 2.19. The molecule has 0 aromatic heterocycles. The average molecular weight is 956 g/mol. The first kappa shape index (κ1) is 65.6. The van der Waals surface area contributed by atoms with E-state index in [0.717, 1.165) is 70.6 Å². The minimum absolute atomic E-state index is 0.0716. The summed E-state index contributed by atoms with van der Waals surface area (Å²) in [6.07, 6.45) is 69.1. The van der Waals surface area contributed by atoms with Gasteiger partial charge in [-0.15, -0.1) is 0 Å². The van der Waals surface area contributed by atoms with E-state index >= 15 is 0 Å². The third-order valence-electron chi connectivity index (χ3n) is 13.4. The summed E-state index contributed by atoms with van der Waals surface area (Å²) in [5.41, 5.74) is 0. The van der Waals surface area contributed by atoms with E-state index in [1.54, 1.807) is 0 Å². The van der Waals surface area contributed by atoms with Gasteiger partial charge in [0.05, 0.1) is 0 Å². The molecule has 1 atom stereocenters. The molecule has 0 bridgehead atoms.